The van der Waals surface area contributed by atoms with Gasteiger partial charge in [-0.25, -0.2) is 0 Å². The number of carbonyl (C=O) groups is 1. The average molecular weight is 314 g/mol. The molecule has 2 unspecified atom stereocenters. The molecule has 0 saturated carbocycles. The van der Waals surface area contributed by atoms with E-state index in [-0.39, 0.29) is 10.9 Å². The summed E-state index contributed by atoms with van der Waals surface area (Å²) in [6.45, 7) is 6.15. The minimum atomic E-state index is -1.08. The van der Waals surface area contributed by atoms with Crippen LogP contribution in [0.15, 0.2) is 18.2 Å². The van der Waals surface area contributed by atoms with E-state index >= 15 is 0 Å². The number of benzene rings is 1. The fourth-order valence-corrected chi connectivity index (χ4v) is 2.36. The molecule has 0 radical (unpaired) electrons. The number of hydrogen-bond acceptors (Lipinski definition) is 6. The topological polar surface area (TPSA) is 76.0 Å². The molecule has 2 atom stereocenters. The Hall–Kier alpha value is -1.24. The van der Waals surface area contributed by atoms with E-state index in [4.69, 9.17) is 9.47 Å². The van der Waals surface area contributed by atoms with Gasteiger partial charge in [0.15, 0.2) is 16.6 Å². The highest BCUT2D eigenvalue weighted by molar-refractivity contribution is 8.13. The molecule has 0 aliphatic heterocycles. The van der Waals surface area contributed by atoms with Crippen molar-refractivity contribution in [3.05, 3.63) is 23.8 Å². The van der Waals surface area contributed by atoms with Gasteiger partial charge in [-0.05, 0) is 31.5 Å². The van der Waals surface area contributed by atoms with Crippen LogP contribution in [0.2, 0.25) is 0 Å². The van der Waals surface area contributed by atoms with Crippen LogP contribution in [0.1, 0.15) is 32.4 Å². The lowest BCUT2D eigenvalue weighted by atomic mass is 10.0. The van der Waals surface area contributed by atoms with Crippen molar-refractivity contribution in [1.82, 2.24) is 0 Å². The van der Waals surface area contributed by atoms with E-state index in [0.717, 1.165) is 11.8 Å². The normalized spacial score (nSPS) is 13.6. The zero-order valence-corrected chi connectivity index (χ0v) is 13.4. The molecule has 1 aromatic rings. The summed E-state index contributed by atoms with van der Waals surface area (Å²) in [7, 11) is 0. The molecule has 0 aliphatic carbocycles. The molecule has 0 amide bonds. The molecule has 1 rings (SSSR count). The van der Waals surface area contributed by atoms with Crippen molar-refractivity contribution in [3.63, 3.8) is 0 Å². The van der Waals surface area contributed by atoms with Crippen LogP contribution in [-0.4, -0.2) is 40.4 Å². The van der Waals surface area contributed by atoms with Gasteiger partial charge in [-0.15, -0.1) is 0 Å². The Balaban J connectivity index is 2.86. The third-order valence-corrected chi connectivity index (χ3v) is 3.65. The van der Waals surface area contributed by atoms with Gasteiger partial charge < -0.3 is 19.7 Å². The van der Waals surface area contributed by atoms with Crippen LogP contribution in [-0.2, 0) is 4.79 Å². The predicted molar refractivity (Wildman–Crippen MR) is 82.9 cm³/mol. The first-order valence-electron chi connectivity index (χ1n) is 6.88. The lowest BCUT2D eigenvalue weighted by Gasteiger charge is -2.19. The summed E-state index contributed by atoms with van der Waals surface area (Å²) in [6.07, 6.45) is -2.10. The second kappa shape index (κ2) is 8.92. The fourth-order valence-electron chi connectivity index (χ4n) is 1.77. The average Bonchev–Trinajstić information content (AvgIpc) is 2.46. The van der Waals surface area contributed by atoms with Crippen molar-refractivity contribution in [2.75, 3.05) is 19.0 Å². The van der Waals surface area contributed by atoms with Gasteiger partial charge in [-0.3, -0.25) is 4.79 Å². The summed E-state index contributed by atoms with van der Waals surface area (Å²) in [5.41, 5.74) is 0.526. The lowest BCUT2D eigenvalue weighted by Crippen LogP contribution is -2.21. The van der Waals surface area contributed by atoms with Gasteiger partial charge in [-0.2, -0.15) is 0 Å². The Morgan fingerprint density at radius 3 is 2.38 bits per heavy atom. The molecule has 1 aromatic carbocycles. The standard InChI is InChI=1S/C15H22O5S/c1-4-19-13-7-6-11(8-14(13)20-5-2)15(18)12(17)9-21-10(3)16/h6-8,12,15,17-18H,4-5,9H2,1-3H3. The molecule has 118 valence electrons. The molecular formula is C15H22O5S. The predicted octanol–water partition coefficient (Wildman–Crippen LogP) is 2.16. The van der Waals surface area contributed by atoms with Crippen LogP contribution >= 0.6 is 11.8 Å². The minimum absolute atomic E-state index is 0.0945. The number of aliphatic hydroxyl groups excluding tert-OH is 2. The third kappa shape index (κ3) is 5.57. The molecule has 2 N–H and O–H groups in total. The first kappa shape index (κ1) is 17.8. The highest BCUT2D eigenvalue weighted by Gasteiger charge is 2.20. The Labute approximate surface area is 129 Å². The van der Waals surface area contributed by atoms with Gasteiger partial charge in [0.1, 0.15) is 6.10 Å². The Morgan fingerprint density at radius 1 is 1.19 bits per heavy atom. The van der Waals surface area contributed by atoms with Crippen LogP contribution in [0.5, 0.6) is 11.5 Å². The summed E-state index contributed by atoms with van der Waals surface area (Å²) in [6, 6.07) is 5.04. The molecule has 0 bridgehead atoms. The Kier molecular flexibility index (Phi) is 7.56. The largest absolute Gasteiger partial charge is 0.490 e. The maximum atomic E-state index is 10.9. The first-order chi connectivity index (χ1) is 9.99. The highest BCUT2D eigenvalue weighted by Crippen LogP contribution is 2.32. The fraction of sp³-hybridized carbons (Fsp3) is 0.533. The molecule has 5 nitrogen and oxygen atoms in total. The summed E-state index contributed by atoms with van der Waals surface area (Å²) in [4.78, 5) is 10.9. The molecule has 0 aromatic heterocycles. The second-order valence-electron chi connectivity index (χ2n) is 4.39. The zero-order chi connectivity index (χ0) is 15.8. The SMILES string of the molecule is CCOc1ccc(C(O)C(O)CSC(C)=O)cc1OCC. The Bertz CT molecular complexity index is 463. The Morgan fingerprint density at radius 2 is 1.81 bits per heavy atom. The number of hydrogen-bond donors (Lipinski definition) is 2. The van der Waals surface area contributed by atoms with Crippen LogP contribution < -0.4 is 9.47 Å². The molecule has 0 heterocycles. The van der Waals surface area contributed by atoms with E-state index in [1.54, 1.807) is 18.2 Å². The maximum Gasteiger partial charge on any atom is 0.185 e. The number of thioether (sulfide) groups is 1. The summed E-state index contributed by atoms with van der Waals surface area (Å²) < 4.78 is 10.9. The molecule has 0 spiro atoms. The van der Waals surface area contributed by atoms with Gasteiger partial charge >= 0.3 is 0 Å². The molecule has 21 heavy (non-hydrogen) atoms. The van der Waals surface area contributed by atoms with Gasteiger partial charge in [0.2, 0.25) is 0 Å². The number of carbonyl (C=O) groups excluding carboxylic acids is 1. The molecule has 0 fully saturated rings. The van der Waals surface area contributed by atoms with Crippen molar-refractivity contribution < 1.29 is 24.5 Å². The maximum absolute atomic E-state index is 10.9. The van der Waals surface area contributed by atoms with Gasteiger partial charge in [0.25, 0.3) is 0 Å². The van der Waals surface area contributed by atoms with E-state index in [9.17, 15) is 15.0 Å². The monoisotopic (exact) mass is 314 g/mol. The lowest BCUT2D eigenvalue weighted by molar-refractivity contribution is -0.109. The second-order valence-corrected chi connectivity index (χ2v) is 5.58. The van der Waals surface area contributed by atoms with Crippen LogP contribution in [0, 0.1) is 0 Å². The number of rotatable bonds is 8. The van der Waals surface area contributed by atoms with E-state index in [1.807, 2.05) is 13.8 Å². The van der Waals surface area contributed by atoms with Gasteiger partial charge in [0, 0.05) is 12.7 Å². The van der Waals surface area contributed by atoms with E-state index in [2.05, 4.69) is 0 Å². The highest BCUT2D eigenvalue weighted by atomic mass is 32.2. The molecule has 0 aliphatic rings. The minimum Gasteiger partial charge on any atom is -0.490 e. The van der Waals surface area contributed by atoms with E-state index in [0.29, 0.717) is 30.3 Å². The van der Waals surface area contributed by atoms with Crippen molar-refractivity contribution in [3.8, 4) is 11.5 Å². The van der Waals surface area contributed by atoms with Crippen LogP contribution in [0.4, 0.5) is 0 Å². The number of ether oxygens (including phenoxy) is 2. The third-order valence-electron chi connectivity index (χ3n) is 2.73. The smallest absolute Gasteiger partial charge is 0.185 e. The summed E-state index contributed by atoms with van der Waals surface area (Å²) >= 11 is 0.983. The van der Waals surface area contributed by atoms with Gasteiger partial charge in [-0.1, -0.05) is 17.8 Å². The van der Waals surface area contributed by atoms with Crippen molar-refractivity contribution in [2.45, 2.75) is 33.0 Å². The van der Waals surface area contributed by atoms with Crippen molar-refractivity contribution in [1.29, 1.82) is 0 Å². The number of aliphatic hydroxyl groups is 2. The first-order valence-corrected chi connectivity index (χ1v) is 7.87. The zero-order valence-electron chi connectivity index (χ0n) is 12.5. The van der Waals surface area contributed by atoms with Crippen LogP contribution in [0.3, 0.4) is 0 Å². The quantitative estimate of drug-likeness (QED) is 0.766. The van der Waals surface area contributed by atoms with E-state index < -0.39 is 12.2 Å². The van der Waals surface area contributed by atoms with Crippen LogP contribution in [0.25, 0.3) is 0 Å². The van der Waals surface area contributed by atoms with Gasteiger partial charge in [0.05, 0.1) is 19.3 Å². The molecular weight excluding hydrogens is 292 g/mol. The molecule has 0 saturated heterocycles. The summed E-state index contributed by atoms with van der Waals surface area (Å²) in [5, 5.41) is 20.0. The van der Waals surface area contributed by atoms with Crippen molar-refractivity contribution in [2.24, 2.45) is 0 Å². The van der Waals surface area contributed by atoms with E-state index in [1.165, 1.54) is 6.92 Å². The molecule has 6 heteroatoms. The van der Waals surface area contributed by atoms with Crippen molar-refractivity contribution >= 4 is 16.9 Å². The summed E-state index contributed by atoms with van der Waals surface area (Å²) in [5.74, 6) is 1.28.